The summed E-state index contributed by atoms with van der Waals surface area (Å²) in [6.07, 6.45) is 1.64. The lowest BCUT2D eigenvalue weighted by Gasteiger charge is -2.13. The van der Waals surface area contributed by atoms with Crippen molar-refractivity contribution in [2.24, 2.45) is 0 Å². The summed E-state index contributed by atoms with van der Waals surface area (Å²) in [5.74, 6) is -0.269. The second kappa shape index (κ2) is 10.3. The van der Waals surface area contributed by atoms with Gasteiger partial charge >= 0.3 is 0 Å². The molecule has 0 aliphatic carbocycles. The largest absolute Gasteiger partial charge is 0.488 e. The summed E-state index contributed by atoms with van der Waals surface area (Å²) in [5.41, 5.74) is 2.20. The average Bonchev–Trinajstić information content (AvgIpc) is 3.03. The van der Waals surface area contributed by atoms with Gasteiger partial charge in [0.25, 0.3) is 11.1 Å². The molecule has 3 aromatic rings. The molecular weight excluding hydrogens is 552 g/mol. The normalized spacial score (nSPS) is 14.9. The zero-order chi connectivity index (χ0) is 23.5. The van der Waals surface area contributed by atoms with E-state index in [0.29, 0.717) is 32.3 Å². The van der Waals surface area contributed by atoms with Crippen LogP contribution in [-0.2, 0) is 17.9 Å². The molecule has 3 aromatic carbocycles. The number of benzene rings is 3. The number of carbonyl (C=O) groups is 2. The van der Waals surface area contributed by atoms with E-state index in [0.717, 1.165) is 33.9 Å². The summed E-state index contributed by atoms with van der Waals surface area (Å²) < 4.78 is 19.8. The van der Waals surface area contributed by atoms with Gasteiger partial charge in [-0.1, -0.05) is 47.5 Å². The molecule has 1 heterocycles. The number of hydrogen-bond donors (Lipinski definition) is 0. The van der Waals surface area contributed by atoms with Crippen molar-refractivity contribution in [2.75, 3.05) is 0 Å². The molecule has 4 rings (SSSR count). The Hall–Kier alpha value is -2.32. The van der Waals surface area contributed by atoms with Gasteiger partial charge in [-0.2, -0.15) is 0 Å². The zero-order valence-corrected chi connectivity index (χ0v) is 20.8. The summed E-state index contributed by atoms with van der Waals surface area (Å²) in [6.45, 7) is 0.349. The monoisotopic (exact) mass is 565 g/mol. The summed E-state index contributed by atoms with van der Waals surface area (Å²) in [6, 6.07) is 16.6. The van der Waals surface area contributed by atoms with Crippen molar-refractivity contribution in [1.82, 2.24) is 4.90 Å². The predicted octanol–water partition coefficient (Wildman–Crippen LogP) is 7.71. The van der Waals surface area contributed by atoms with Crippen LogP contribution in [0, 0.1) is 5.82 Å². The van der Waals surface area contributed by atoms with Crippen LogP contribution in [0.1, 0.15) is 16.7 Å². The minimum Gasteiger partial charge on any atom is -0.488 e. The van der Waals surface area contributed by atoms with Gasteiger partial charge in [0.15, 0.2) is 0 Å². The molecule has 0 spiro atoms. The minimum atomic E-state index is -0.482. The fourth-order valence-electron chi connectivity index (χ4n) is 3.07. The summed E-state index contributed by atoms with van der Waals surface area (Å²) in [5, 5.41) is 0.416. The molecular formula is C24H15BrCl2FNO3S. The van der Waals surface area contributed by atoms with E-state index in [2.05, 4.69) is 15.9 Å². The van der Waals surface area contributed by atoms with Crippen LogP contribution in [0.5, 0.6) is 5.75 Å². The third-order valence-corrected chi connectivity index (χ3v) is 6.91. The molecule has 168 valence electrons. The highest BCUT2D eigenvalue weighted by Crippen LogP contribution is 2.35. The van der Waals surface area contributed by atoms with Gasteiger partial charge in [-0.05, 0) is 86.9 Å². The van der Waals surface area contributed by atoms with E-state index in [1.54, 1.807) is 30.3 Å². The molecule has 0 atom stereocenters. The Morgan fingerprint density at radius 2 is 1.79 bits per heavy atom. The molecule has 1 saturated heterocycles. The highest BCUT2D eigenvalue weighted by Gasteiger charge is 2.35. The van der Waals surface area contributed by atoms with Crippen molar-refractivity contribution in [3.8, 4) is 5.75 Å². The summed E-state index contributed by atoms with van der Waals surface area (Å²) in [7, 11) is 0. The molecule has 0 aromatic heterocycles. The number of hydrogen-bond acceptors (Lipinski definition) is 4. The second-order valence-corrected chi connectivity index (χ2v) is 9.80. The third-order valence-electron chi connectivity index (χ3n) is 4.78. The molecule has 0 saturated carbocycles. The maximum atomic E-state index is 13.3. The quantitative estimate of drug-likeness (QED) is 0.287. The van der Waals surface area contributed by atoms with Crippen LogP contribution in [0.3, 0.4) is 0 Å². The Labute approximate surface area is 212 Å². The van der Waals surface area contributed by atoms with Crippen molar-refractivity contribution in [2.45, 2.75) is 13.2 Å². The highest BCUT2D eigenvalue weighted by molar-refractivity contribution is 9.10. The van der Waals surface area contributed by atoms with Gasteiger partial charge < -0.3 is 4.74 Å². The van der Waals surface area contributed by atoms with Crippen LogP contribution < -0.4 is 4.74 Å². The third kappa shape index (κ3) is 5.79. The highest BCUT2D eigenvalue weighted by atomic mass is 79.9. The van der Waals surface area contributed by atoms with Gasteiger partial charge in [0.2, 0.25) is 0 Å². The molecule has 33 heavy (non-hydrogen) atoms. The number of amides is 2. The van der Waals surface area contributed by atoms with Gasteiger partial charge in [-0.3, -0.25) is 14.5 Å². The van der Waals surface area contributed by atoms with Gasteiger partial charge in [-0.15, -0.1) is 0 Å². The van der Waals surface area contributed by atoms with Gasteiger partial charge in [0, 0.05) is 10.0 Å². The molecule has 1 aliphatic rings. The number of imide groups is 1. The lowest BCUT2D eigenvalue weighted by Crippen LogP contribution is -2.27. The summed E-state index contributed by atoms with van der Waals surface area (Å²) >= 11 is 16.3. The number of ether oxygens (including phenoxy) is 1. The maximum absolute atomic E-state index is 13.3. The number of rotatable bonds is 6. The van der Waals surface area contributed by atoms with Crippen LogP contribution in [0.15, 0.2) is 70.0 Å². The molecule has 0 unspecified atom stereocenters. The molecule has 1 fully saturated rings. The first-order valence-electron chi connectivity index (χ1n) is 9.66. The molecule has 2 amide bonds. The Balaban J connectivity index is 1.45. The van der Waals surface area contributed by atoms with E-state index in [-0.39, 0.29) is 11.6 Å². The topological polar surface area (TPSA) is 46.6 Å². The average molecular weight is 567 g/mol. The van der Waals surface area contributed by atoms with Crippen LogP contribution in [-0.4, -0.2) is 16.0 Å². The number of carbonyl (C=O) groups excluding carboxylic acids is 2. The SMILES string of the molecule is O=C1S/C(=C\c2ccc(OCc3ccc(Cl)cc3)c(Br)c2)C(=O)N1Cc1ccc(F)cc1Cl. The Bertz CT molecular complexity index is 1270. The van der Waals surface area contributed by atoms with E-state index in [1.165, 1.54) is 12.1 Å². The Morgan fingerprint density at radius 3 is 2.48 bits per heavy atom. The number of halogens is 4. The van der Waals surface area contributed by atoms with Crippen LogP contribution in [0.4, 0.5) is 9.18 Å². The Kier molecular flexibility index (Phi) is 7.44. The van der Waals surface area contributed by atoms with Crippen LogP contribution in [0.2, 0.25) is 10.0 Å². The Morgan fingerprint density at radius 1 is 1.03 bits per heavy atom. The zero-order valence-electron chi connectivity index (χ0n) is 16.9. The lowest BCUT2D eigenvalue weighted by molar-refractivity contribution is -0.123. The van der Waals surface area contributed by atoms with E-state index in [4.69, 9.17) is 27.9 Å². The molecule has 9 heteroatoms. The van der Waals surface area contributed by atoms with Gasteiger partial charge in [-0.25, -0.2) is 4.39 Å². The van der Waals surface area contributed by atoms with Crippen molar-refractivity contribution in [3.05, 3.63) is 103 Å². The van der Waals surface area contributed by atoms with Crippen molar-refractivity contribution in [3.63, 3.8) is 0 Å². The lowest BCUT2D eigenvalue weighted by atomic mass is 10.2. The number of thioether (sulfide) groups is 1. The van der Waals surface area contributed by atoms with Crippen molar-refractivity contribution in [1.29, 1.82) is 0 Å². The smallest absolute Gasteiger partial charge is 0.293 e. The molecule has 1 aliphatic heterocycles. The van der Waals surface area contributed by atoms with E-state index in [9.17, 15) is 14.0 Å². The van der Waals surface area contributed by atoms with E-state index < -0.39 is 17.0 Å². The summed E-state index contributed by atoms with van der Waals surface area (Å²) in [4.78, 5) is 26.6. The fourth-order valence-corrected chi connectivity index (χ4v) is 4.78. The van der Waals surface area contributed by atoms with E-state index in [1.807, 2.05) is 18.2 Å². The fraction of sp³-hybridized carbons (Fsp3) is 0.0833. The first-order valence-corrected chi connectivity index (χ1v) is 12.0. The standard InChI is InChI=1S/C24H15BrCl2FNO3S/c25-19-9-15(3-8-21(19)32-13-14-1-5-17(26)6-2-14)10-22-23(30)29(24(31)33-22)12-16-4-7-18(28)11-20(16)27/h1-11H,12-13H2/b22-10-. The molecule has 0 radical (unpaired) electrons. The molecule has 0 N–H and O–H groups in total. The number of nitrogens with zero attached hydrogens (tertiary/aromatic N) is 1. The van der Waals surface area contributed by atoms with Gasteiger partial charge in [0.1, 0.15) is 18.2 Å². The van der Waals surface area contributed by atoms with Crippen LogP contribution in [0.25, 0.3) is 6.08 Å². The van der Waals surface area contributed by atoms with E-state index >= 15 is 0 Å². The van der Waals surface area contributed by atoms with Crippen molar-refractivity contribution >= 4 is 68.1 Å². The molecule has 4 nitrogen and oxygen atoms in total. The first kappa shape index (κ1) is 23.8. The molecule has 0 bridgehead atoms. The first-order chi connectivity index (χ1) is 15.8. The minimum absolute atomic E-state index is 0.0255. The predicted molar refractivity (Wildman–Crippen MR) is 133 cm³/mol. The van der Waals surface area contributed by atoms with Crippen molar-refractivity contribution < 1.29 is 18.7 Å². The second-order valence-electron chi connectivity index (χ2n) is 7.11. The maximum Gasteiger partial charge on any atom is 0.293 e. The van der Waals surface area contributed by atoms with Crippen LogP contribution >= 0.6 is 50.9 Å². The van der Waals surface area contributed by atoms with Gasteiger partial charge in [0.05, 0.1) is 15.9 Å².